The van der Waals surface area contributed by atoms with Crippen LogP contribution in [-0.2, 0) is 25.4 Å². The summed E-state index contributed by atoms with van der Waals surface area (Å²) in [5, 5.41) is 7.49. The summed E-state index contributed by atoms with van der Waals surface area (Å²) in [6.07, 6.45) is 4.42. The normalized spacial score (nSPS) is 19.4. The van der Waals surface area contributed by atoms with E-state index in [1.807, 2.05) is 24.3 Å². The lowest BCUT2D eigenvalue weighted by Crippen LogP contribution is -2.29. The van der Waals surface area contributed by atoms with Gasteiger partial charge in [0, 0.05) is 44.9 Å². The highest BCUT2D eigenvalue weighted by molar-refractivity contribution is 6.14. The zero-order valence-electron chi connectivity index (χ0n) is 20.3. The number of fused-ring (bicyclic) bond motifs is 6. The lowest BCUT2D eigenvalue weighted by Gasteiger charge is -2.16. The Morgan fingerprint density at radius 2 is 2.05 bits per heavy atom. The number of amides is 1. The topological polar surface area (TPSA) is 112 Å². The van der Waals surface area contributed by atoms with Crippen molar-refractivity contribution in [3.8, 4) is 22.4 Å². The number of alkyl carbamates (subject to hydrolysis) is 1. The summed E-state index contributed by atoms with van der Waals surface area (Å²) >= 11 is 0. The quantitative estimate of drug-likeness (QED) is 0.363. The number of hydrogen-bond acceptors (Lipinski definition) is 5. The molecule has 2 N–H and O–H groups in total. The van der Waals surface area contributed by atoms with E-state index in [0.717, 1.165) is 27.6 Å². The lowest BCUT2D eigenvalue weighted by molar-refractivity contribution is 0.0985. The van der Waals surface area contributed by atoms with Gasteiger partial charge >= 0.3 is 11.8 Å². The van der Waals surface area contributed by atoms with Crippen molar-refractivity contribution in [1.82, 2.24) is 34.2 Å². The highest BCUT2D eigenvalue weighted by Crippen LogP contribution is 2.43. The van der Waals surface area contributed by atoms with Gasteiger partial charge in [-0.2, -0.15) is 4.39 Å². The molecule has 10 nitrogen and oxygen atoms in total. The van der Waals surface area contributed by atoms with E-state index in [1.165, 1.54) is 4.68 Å². The maximum atomic E-state index is 15.0. The molecule has 1 aromatic carbocycles. The van der Waals surface area contributed by atoms with Gasteiger partial charge in [-0.3, -0.25) is 13.8 Å². The predicted octanol–water partition coefficient (Wildman–Crippen LogP) is 3.76. The van der Waals surface area contributed by atoms with Gasteiger partial charge in [-0.15, -0.1) is 5.10 Å². The molecule has 5 aromatic rings. The molecule has 1 amide bonds. The van der Waals surface area contributed by atoms with Crippen LogP contribution >= 0.6 is 0 Å². The molecule has 1 aliphatic carbocycles. The monoisotopic (exact) mass is 501 g/mol. The van der Waals surface area contributed by atoms with E-state index in [2.05, 4.69) is 20.4 Å². The van der Waals surface area contributed by atoms with Crippen molar-refractivity contribution < 1.29 is 13.9 Å². The first-order valence-corrected chi connectivity index (χ1v) is 12.2. The van der Waals surface area contributed by atoms with Crippen LogP contribution in [0.25, 0.3) is 44.5 Å². The van der Waals surface area contributed by atoms with Crippen molar-refractivity contribution in [2.45, 2.75) is 38.0 Å². The van der Waals surface area contributed by atoms with Crippen LogP contribution in [0.4, 0.5) is 9.18 Å². The number of carbonyl (C=O) groups excluding carboxylic acids is 1. The molecule has 0 saturated heterocycles. The Balaban J connectivity index is 1.64. The summed E-state index contributed by atoms with van der Waals surface area (Å²) in [6, 6.07) is 7.53. The predicted molar refractivity (Wildman–Crippen MR) is 134 cm³/mol. The third-order valence-electron chi connectivity index (χ3n) is 7.57. The molecule has 11 heteroatoms. The van der Waals surface area contributed by atoms with Crippen LogP contribution in [0, 0.1) is 5.95 Å². The fourth-order valence-electron chi connectivity index (χ4n) is 5.90. The zero-order chi connectivity index (χ0) is 25.4. The number of pyridine rings is 1. The zero-order valence-corrected chi connectivity index (χ0v) is 20.3. The summed E-state index contributed by atoms with van der Waals surface area (Å²) in [7, 11) is 3.40. The minimum atomic E-state index is -0.606. The van der Waals surface area contributed by atoms with Crippen molar-refractivity contribution >= 4 is 28.2 Å². The number of carbonyl (C=O) groups is 1. The van der Waals surface area contributed by atoms with E-state index < -0.39 is 12.0 Å². The first kappa shape index (κ1) is 21.8. The van der Waals surface area contributed by atoms with Gasteiger partial charge < -0.3 is 15.0 Å². The number of aryl methyl sites for hydroxylation is 2. The largest absolute Gasteiger partial charge is 0.446 e. The summed E-state index contributed by atoms with van der Waals surface area (Å²) in [5.41, 5.74) is 5.03. The van der Waals surface area contributed by atoms with Crippen LogP contribution in [-0.4, -0.2) is 41.1 Å². The number of aromatic amines is 1. The summed E-state index contributed by atoms with van der Waals surface area (Å²) < 4.78 is 25.5. The second-order valence-electron chi connectivity index (χ2n) is 9.86. The molecule has 2 aliphatic rings. The molecule has 1 fully saturated rings. The van der Waals surface area contributed by atoms with Crippen molar-refractivity contribution in [3.05, 3.63) is 58.7 Å². The minimum absolute atomic E-state index is 0.157. The second kappa shape index (κ2) is 7.79. The number of nitrogens with one attached hydrogen (secondary N) is 2. The van der Waals surface area contributed by atoms with Gasteiger partial charge in [0.15, 0.2) is 0 Å². The number of H-pyrrole nitrogens is 1. The minimum Gasteiger partial charge on any atom is -0.446 e. The SMILES string of the molecule is Cn1cc(-c2[nH]c3ncc4c5c3c2-c2cccc(c2)CNC(=O)O[C@@H]2CC[C@H](C2)n5c(=O)n4C)c(F)n1. The molecular weight excluding hydrogens is 477 g/mol. The Morgan fingerprint density at radius 1 is 1.19 bits per heavy atom. The Kier molecular flexibility index (Phi) is 4.60. The van der Waals surface area contributed by atoms with Gasteiger partial charge in [0.05, 0.1) is 33.9 Å². The standard InChI is InChI=1S/C26H24FN7O3/c1-32-12-17(23(27)31-32)21-19-14-5-3-4-13(8-14)10-29-25(35)37-16-7-6-15(9-16)34-22-18(33(2)26(34)36)11-28-24(30-21)20(19)22/h3-5,8,11-12,15-16H,6-7,9-10H2,1-2H3,(H,28,30)(H,29,35)/t15-,16-/m1/s1. The van der Waals surface area contributed by atoms with Gasteiger partial charge in [0.1, 0.15) is 11.8 Å². The molecule has 2 atom stereocenters. The number of nitrogens with zero attached hydrogens (tertiary/aromatic N) is 5. The highest BCUT2D eigenvalue weighted by Gasteiger charge is 2.33. The number of rotatable bonds is 1. The summed E-state index contributed by atoms with van der Waals surface area (Å²) in [5.74, 6) is -0.606. The average Bonchev–Trinajstić information content (AvgIpc) is 3.62. The van der Waals surface area contributed by atoms with Crippen molar-refractivity contribution in [1.29, 1.82) is 0 Å². The van der Waals surface area contributed by atoms with Crippen LogP contribution in [0.15, 0.2) is 41.5 Å². The summed E-state index contributed by atoms with van der Waals surface area (Å²) in [6.45, 7) is 0.283. The van der Waals surface area contributed by atoms with E-state index in [1.54, 1.807) is 35.6 Å². The Hall–Kier alpha value is -4.41. The molecule has 188 valence electrons. The first-order valence-electron chi connectivity index (χ1n) is 12.2. The summed E-state index contributed by atoms with van der Waals surface area (Å²) in [4.78, 5) is 34.1. The number of imidazole rings is 1. The van der Waals surface area contributed by atoms with Crippen molar-refractivity contribution in [2.75, 3.05) is 0 Å². The van der Waals surface area contributed by atoms with E-state index in [0.29, 0.717) is 41.7 Å². The van der Waals surface area contributed by atoms with E-state index in [-0.39, 0.29) is 24.4 Å². The Bertz CT molecular complexity index is 1790. The fraction of sp³-hybridized carbons (Fsp3) is 0.308. The maximum absolute atomic E-state index is 15.0. The van der Waals surface area contributed by atoms with Gasteiger partial charge in [0.25, 0.3) is 0 Å². The number of halogens is 1. The molecule has 4 aromatic heterocycles. The molecule has 1 saturated carbocycles. The van der Waals surface area contributed by atoms with Crippen LogP contribution < -0.4 is 11.0 Å². The Morgan fingerprint density at radius 3 is 2.86 bits per heavy atom. The van der Waals surface area contributed by atoms with Crippen LogP contribution in [0.3, 0.4) is 0 Å². The van der Waals surface area contributed by atoms with Crippen molar-refractivity contribution in [2.24, 2.45) is 14.1 Å². The average molecular weight is 502 g/mol. The van der Waals surface area contributed by atoms with Crippen molar-refractivity contribution in [3.63, 3.8) is 0 Å². The fourth-order valence-corrected chi connectivity index (χ4v) is 5.90. The molecule has 37 heavy (non-hydrogen) atoms. The molecule has 5 heterocycles. The number of ether oxygens (including phenoxy) is 1. The first-order chi connectivity index (χ1) is 17.9. The van der Waals surface area contributed by atoms with Crippen LogP contribution in [0.5, 0.6) is 0 Å². The van der Waals surface area contributed by atoms with Gasteiger partial charge in [-0.1, -0.05) is 18.2 Å². The molecule has 4 bridgehead atoms. The van der Waals surface area contributed by atoms with Crippen LogP contribution in [0.1, 0.15) is 30.9 Å². The number of hydrogen-bond donors (Lipinski definition) is 2. The smallest absolute Gasteiger partial charge is 0.407 e. The highest BCUT2D eigenvalue weighted by atomic mass is 19.1. The molecule has 0 spiro atoms. The second-order valence-corrected chi connectivity index (χ2v) is 9.86. The molecular formula is C26H24FN7O3. The third-order valence-corrected chi connectivity index (χ3v) is 7.57. The third kappa shape index (κ3) is 3.23. The molecule has 0 unspecified atom stereocenters. The lowest BCUT2D eigenvalue weighted by atomic mass is 9.97. The van der Waals surface area contributed by atoms with E-state index in [4.69, 9.17) is 4.74 Å². The molecule has 1 aliphatic heterocycles. The molecule has 0 radical (unpaired) electrons. The number of benzene rings is 1. The van der Waals surface area contributed by atoms with Gasteiger partial charge in [0.2, 0.25) is 5.95 Å². The number of aromatic nitrogens is 6. The van der Waals surface area contributed by atoms with Gasteiger partial charge in [-0.05, 0) is 30.0 Å². The Labute approximate surface area is 209 Å². The van der Waals surface area contributed by atoms with E-state index >= 15 is 4.39 Å². The molecule has 7 rings (SSSR count). The van der Waals surface area contributed by atoms with Crippen LogP contribution in [0.2, 0.25) is 0 Å². The van der Waals surface area contributed by atoms with Gasteiger partial charge in [-0.25, -0.2) is 14.6 Å². The van der Waals surface area contributed by atoms with E-state index in [9.17, 15) is 9.59 Å². The maximum Gasteiger partial charge on any atom is 0.407 e.